The summed E-state index contributed by atoms with van der Waals surface area (Å²) in [5, 5.41) is 3.10. The van der Waals surface area contributed by atoms with E-state index in [-0.39, 0.29) is 12.1 Å². The fourth-order valence-corrected chi connectivity index (χ4v) is 3.54. The van der Waals surface area contributed by atoms with Gasteiger partial charge < -0.3 is 4.74 Å². The minimum Gasteiger partial charge on any atom is -0.465 e. The maximum absolute atomic E-state index is 11.7. The first kappa shape index (κ1) is 24.8. The van der Waals surface area contributed by atoms with Gasteiger partial charge in [-0.05, 0) is 32.1 Å². The van der Waals surface area contributed by atoms with Gasteiger partial charge in [-0.2, -0.15) is 0 Å². The first-order valence-electron chi connectivity index (χ1n) is 11.7. The molecule has 1 unspecified atom stereocenters. The van der Waals surface area contributed by atoms with Gasteiger partial charge in [0, 0.05) is 16.1 Å². The van der Waals surface area contributed by atoms with Crippen LogP contribution in [-0.2, 0) is 9.53 Å². The van der Waals surface area contributed by atoms with E-state index in [0.717, 1.165) is 24.1 Å². The molecule has 1 fully saturated rings. The Morgan fingerprint density at radius 1 is 0.964 bits per heavy atom. The Kier molecular flexibility index (Phi) is 15.8. The highest BCUT2D eigenvalue weighted by atomic mass is 16.5. The van der Waals surface area contributed by atoms with Crippen LogP contribution in [0.2, 0.25) is 0 Å². The molecule has 0 spiro atoms. The molecule has 0 aromatic heterocycles. The van der Waals surface area contributed by atoms with E-state index in [4.69, 9.17) is 4.74 Å². The number of nitroso groups, excluding NO2 is 1. The molecular formula is C23H43N2O3+. The molecule has 0 aliphatic carbocycles. The fraction of sp³-hybridized carbons (Fsp3) is 0.870. The van der Waals surface area contributed by atoms with Crippen LogP contribution in [0, 0.1) is 4.91 Å². The molecule has 5 heteroatoms. The van der Waals surface area contributed by atoms with Gasteiger partial charge in [-0.1, -0.05) is 70.4 Å². The summed E-state index contributed by atoms with van der Waals surface area (Å²) in [5.74, 6) is -0.131. The topological polar surface area (TPSA) is 58.4 Å². The maximum atomic E-state index is 11.7. The van der Waals surface area contributed by atoms with Crippen molar-refractivity contribution in [2.24, 2.45) is 0 Å². The molecule has 0 saturated carbocycles. The maximum Gasteiger partial charge on any atom is 0.305 e. The van der Waals surface area contributed by atoms with Crippen molar-refractivity contribution in [3.8, 4) is 0 Å². The minimum absolute atomic E-state index is 0.131. The highest BCUT2D eigenvalue weighted by Crippen LogP contribution is 2.10. The average molecular weight is 396 g/mol. The second kappa shape index (κ2) is 17.8. The molecule has 0 aromatic carbocycles. The average Bonchev–Trinajstić information content (AvgIpc) is 3.10. The number of carbonyl (C=O) groups excluding carboxylic acids is 1. The van der Waals surface area contributed by atoms with Crippen molar-refractivity contribution in [3.63, 3.8) is 0 Å². The Bertz CT molecular complexity index is 438. The zero-order valence-electron chi connectivity index (χ0n) is 18.1. The number of hydrogen-bond acceptors (Lipinski definition) is 4. The second-order valence-corrected chi connectivity index (χ2v) is 7.95. The normalized spacial score (nSPS) is 16.9. The molecule has 5 nitrogen and oxygen atoms in total. The molecule has 1 saturated heterocycles. The lowest BCUT2D eigenvalue weighted by Crippen LogP contribution is -2.29. The number of esters is 1. The van der Waals surface area contributed by atoms with Crippen molar-refractivity contribution < 1.29 is 14.3 Å². The van der Waals surface area contributed by atoms with Crippen LogP contribution in [0.5, 0.6) is 0 Å². The Labute approximate surface area is 172 Å². The molecule has 0 aromatic rings. The number of allylic oxidation sites excluding steroid dienone is 2. The monoisotopic (exact) mass is 395 g/mol. The smallest absolute Gasteiger partial charge is 0.305 e. The van der Waals surface area contributed by atoms with Crippen LogP contribution in [-0.4, -0.2) is 36.6 Å². The van der Waals surface area contributed by atoms with Gasteiger partial charge in [0.25, 0.3) is 6.17 Å². The molecule has 1 aliphatic heterocycles. The summed E-state index contributed by atoms with van der Waals surface area (Å²) in [4.78, 5) is 23.1. The van der Waals surface area contributed by atoms with Crippen molar-refractivity contribution >= 4 is 5.97 Å². The summed E-state index contributed by atoms with van der Waals surface area (Å²) >= 11 is 0. The van der Waals surface area contributed by atoms with E-state index >= 15 is 0 Å². The highest BCUT2D eigenvalue weighted by Gasteiger charge is 2.30. The van der Waals surface area contributed by atoms with Gasteiger partial charge in [0.2, 0.25) is 6.54 Å². The van der Waals surface area contributed by atoms with Crippen LogP contribution < -0.4 is 5.32 Å². The van der Waals surface area contributed by atoms with Gasteiger partial charge >= 0.3 is 5.97 Å². The third-order valence-electron chi connectivity index (χ3n) is 5.36. The van der Waals surface area contributed by atoms with Gasteiger partial charge in [0.05, 0.1) is 19.6 Å². The van der Waals surface area contributed by atoms with Gasteiger partial charge in [0.1, 0.15) is 0 Å². The lowest BCUT2D eigenvalue weighted by Gasteiger charge is -2.05. The number of nitrogens with one attached hydrogen (secondary N) is 1. The van der Waals surface area contributed by atoms with E-state index in [1.54, 1.807) is 0 Å². The zero-order chi connectivity index (χ0) is 20.3. The summed E-state index contributed by atoms with van der Waals surface area (Å²) in [6.07, 6.45) is 21.9. The zero-order valence-corrected chi connectivity index (χ0v) is 18.1. The minimum atomic E-state index is -0.187. The molecular weight excluding hydrogens is 352 g/mol. The fourth-order valence-electron chi connectivity index (χ4n) is 3.54. The highest BCUT2D eigenvalue weighted by molar-refractivity contribution is 5.69. The molecule has 0 radical (unpaired) electrons. The lowest BCUT2D eigenvalue weighted by molar-refractivity contribution is -0.567. The van der Waals surface area contributed by atoms with E-state index in [2.05, 4.69) is 24.4 Å². The Hall–Kier alpha value is -1.23. The molecule has 0 bridgehead atoms. The third kappa shape index (κ3) is 13.9. The second-order valence-electron chi connectivity index (χ2n) is 7.95. The number of hydrogen-bond donors (Lipinski definition) is 1. The molecule has 28 heavy (non-hydrogen) atoms. The predicted octanol–water partition coefficient (Wildman–Crippen LogP) is 5.67. The van der Waals surface area contributed by atoms with Crippen molar-refractivity contribution in [2.45, 2.75) is 109 Å². The Morgan fingerprint density at radius 3 is 2.18 bits per heavy atom. The van der Waals surface area contributed by atoms with E-state index in [0.29, 0.717) is 26.0 Å². The lowest BCUT2D eigenvalue weighted by atomic mass is 10.1. The van der Waals surface area contributed by atoms with Gasteiger partial charge in [0.15, 0.2) is 0 Å². The summed E-state index contributed by atoms with van der Waals surface area (Å²) in [6.45, 7) is 3.84. The van der Waals surface area contributed by atoms with Crippen LogP contribution in [0.1, 0.15) is 103 Å². The van der Waals surface area contributed by atoms with Gasteiger partial charge in [-0.25, -0.2) is 5.32 Å². The van der Waals surface area contributed by atoms with Crippen LogP contribution in [0.25, 0.3) is 0 Å². The molecule has 1 heterocycles. The molecule has 1 atom stereocenters. The van der Waals surface area contributed by atoms with Gasteiger partial charge in [-0.15, -0.1) is 0 Å². The Morgan fingerprint density at radius 2 is 1.57 bits per heavy atom. The first-order chi connectivity index (χ1) is 13.7. The van der Waals surface area contributed by atoms with Crippen molar-refractivity contribution in [2.75, 3.05) is 19.7 Å². The number of nitrogens with zero attached hydrogens (tertiary/aromatic N) is 1. The van der Waals surface area contributed by atoms with Crippen molar-refractivity contribution in [1.29, 1.82) is 0 Å². The van der Waals surface area contributed by atoms with Crippen LogP contribution in [0.15, 0.2) is 12.2 Å². The van der Waals surface area contributed by atoms with Crippen LogP contribution in [0.4, 0.5) is 0 Å². The van der Waals surface area contributed by atoms with Crippen molar-refractivity contribution in [1.82, 2.24) is 5.32 Å². The standard InChI is InChI=1S/C23H43N2O3/c1-2-3-4-5-6-7-8-9-10-11-12-13-14-15-16-17-23(26)28-21-18-22-24-19-20-25(22)27/h9-10,22,24H,2-8,11-21H2,1H3/q+1. The molecule has 1 aliphatic rings. The van der Waals surface area contributed by atoms with Gasteiger partial charge in [-0.3, -0.25) is 4.79 Å². The molecule has 1 rings (SSSR count). The van der Waals surface area contributed by atoms with Crippen molar-refractivity contribution in [3.05, 3.63) is 17.1 Å². The van der Waals surface area contributed by atoms with E-state index in [9.17, 15) is 9.70 Å². The number of unbranched alkanes of at least 4 members (excludes halogenated alkanes) is 11. The number of ether oxygens (including phenoxy) is 1. The molecule has 162 valence electrons. The summed E-state index contributed by atoms with van der Waals surface area (Å²) in [5.41, 5.74) is 0. The van der Waals surface area contributed by atoms with E-state index in [1.165, 1.54) is 70.6 Å². The SMILES string of the molecule is CCCCCCCCC=CCCCCCCCC(=O)OCCC1NCC[N+]1=O. The van der Waals surface area contributed by atoms with E-state index in [1.807, 2.05) is 0 Å². The first-order valence-corrected chi connectivity index (χ1v) is 11.7. The summed E-state index contributed by atoms with van der Waals surface area (Å²) < 4.78 is 6.24. The number of rotatable bonds is 18. The predicted molar refractivity (Wildman–Crippen MR) is 115 cm³/mol. The molecule has 1 N–H and O–H groups in total. The van der Waals surface area contributed by atoms with Crippen LogP contribution in [0.3, 0.4) is 0 Å². The molecule has 0 amide bonds. The summed E-state index contributed by atoms with van der Waals surface area (Å²) in [6, 6.07) is 0. The third-order valence-corrected chi connectivity index (χ3v) is 5.36. The Balaban J connectivity index is 1.79. The van der Waals surface area contributed by atoms with E-state index < -0.39 is 0 Å². The number of carbonyl (C=O) groups is 1. The largest absolute Gasteiger partial charge is 0.465 e. The quantitative estimate of drug-likeness (QED) is 0.141. The summed E-state index contributed by atoms with van der Waals surface area (Å²) in [7, 11) is 0. The van der Waals surface area contributed by atoms with Crippen LogP contribution >= 0.6 is 0 Å².